The highest BCUT2D eigenvalue weighted by Crippen LogP contribution is 2.34. The minimum absolute atomic E-state index is 0.140. The number of aliphatic hydroxyl groups excluding tert-OH is 1. The number of hydrogen-bond acceptors (Lipinski definition) is 6. The van der Waals surface area contributed by atoms with Gasteiger partial charge in [0, 0.05) is 29.9 Å². The molecule has 2 aromatic carbocycles. The standard InChI is InChI=1S/C28H36O6/c1-33-22-18-24(31)26-25(19-22)34-28(20-13-15-21(30)16-14-20)23(27(26)32)12-10-8-6-4-2-3-5-7-9-11-17-29/h13-16,18-19,29-31H,2-12,17H2,1H3. The third kappa shape index (κ3) is 6.76. The summed E-state index contributed by atoms with van der Waals surface area (Å²) in [6.07, 6.45) is 11.6. The normalized spacial score (nSPS) is 11.2. The van der Waals surface area contributed by atoms with E-state index in [9.17, 15) is 15.0 Å². The van der Waals surface area contributed by atoms with E-state index in [0.29, 0.717) is 29.1 Å². The smallest absolute Gasteiger partial charge is 0.200 e. The second-order valence-electron chi connectivity index (χ2n) is 8.81. The number of rotatable bonds is 14. The maximum absolute atomic E-state index is 13.4. The number of benzene rings is 2. The Morgan fingerprint density at radius 1 is 0.824 bits per heavy atom. The first-order valence-corrected chi connectivity index (χ1v) is 12.3. The molecule has 6 nitrogen and oxygen atoms in total. The summed E-state index contributed by atoms with van der Waals surface area (Å²) in [6.45, 7) is 0.290. The fourth-order valence-electron chi connectivity index (χ4n) is 4.33. The van der Waals surface area contributed by atoms with Gasteiger partial charge in [-0.15, -0.1) is 0 Å². The van der Waals surface area contributed by atoms with Gasteiger partial charge in [0.1, 0.15) is 34.0 Å². The molecule has 0 spiro atoms. The molecular weight excluding hydrogens is 432 g/mol. The molecule has 0 saturated heterocycles. The van der Waals surface area contributed by atoms with Crippen LogP contribution >= 0.6 is 0 Å². The zero-order chi connectivity index (χ0) is 24.3. The minimum atomic E-state index is -0.229. The lowest BCUT2D eigenvalue weighted by Crippen LogP contribution is -2.12. The maximum atomic E-state index is 13.4. The van der Waals surface area contributed by atoms with Crippen molar-refractivity contribution in [3.05, 3.63) is 52.2 Å². The summed E-state index contributed by atoms with van der Waals surface area (Å²) in [4.78, 5) is 13.4. The Morgan fingerprint density at radius 2 is 1.41 bits per heavy atom. The van der Waals surface area contributed by atoms with Crippen molar-refractivity contribution >= 4 is 11.0 Å². The summed E-state index contributed by atoms with van der Waals surface area (Å²) in [5.41, 5.74) is 1.29. The number of fused-ring (bicyclic) bond motifs is 1. The molecule has 0 saturated carbocycles. The summed E-state index contributed by atoms with van der Waals surface area (Å²) in [7, 11) is 1.49. The van der Waals surface area contributed by atoms with Crippen LogP contribution in [0.4, 0.5) is 0 Å². The van der Waals surface area contributed by atoms with Gasteiger partial charge in [-0.05, 0) is 43.5 Å². The van der Waals surface area contributed by atoms with Crippen LogP contribution < -0.4 is 10.2 Å². The highest BCUT2D eigenvalue weighted by atomic mass is 16.5. The maximum Gasteiger partial charge on any atom is 0.200 e. The van der Waals surface area contributed by atoms with Crippen LogP contribution in [0.2, 0.25) is 0 Å². The van der Waals surface area contributed by atoms with E-state index in [4.69, 9.17) is 14.3 Å². The van der Waals surface area contributed by atoms with Gasteiger partial charge in [0.2, 0.25) is 0 Å². The molecular formula is C28H36O6. The quantitative estimate of drug-likeness (QED) is 0.240. The van der Waals surface area contributed by atoms with Crippen molar-refractivity contribution in [2.75, 3.05) is 13.7 Å². The lowest BCUT2D eigenvalue weighted by molar-refractivity contribution is 0.282. The summed E-state index contributed by atoms with van der Waals surface area (Å²) in [5, 5.41) is 29.1. The lowest BCUT2D eigenvalue weighted by atomic mass is 9.98. The first kappa shape index (κ1) is 25.6. The average Bonchev–Trinajstić information content (AvgIpc) is 2.83. The first-order chi connectivity index (χ1) is 16.5. The molecule has 6 heteroatoms. The van der Waals surface area contributed by atoms with Gasteiger partial charge < -0.3 is 24.5 Å². The summed E-state index contributed by atoms with van der Waals surface area (Å²) >= 11 is 0. The van der Waals surface area contributed by atoms with E-state index in [2.05, 4.69) is 0 Å². The molecule has 3 aromatic rings. The summed E-state index contributed by atoms with van der Waals surface area (Å²) in [6, 6.07) is 9.61. The molecule has 0 aliphatic heterocycles. The fourth-order valence-corrected chi connectivity index (χ4v) is 4.33. The third-order valence-electron chi connectivity index (χ3n) is 6.24. The molecule has 1 aromatic heterocycles. The van der Waals surface area contributed by atoms with Crippen molar-refractivity contribution in [1.29, 1.82) is 0 Å². The van der Waals surface area contributed by atoms with Crippen molar-refractivity contribution in [3.8, 4) is 28.6 Å². The zero-order valence-electron chi connectivity index (χ0n) is 20.0. The highest BCUT2D eigenvalue weighted by molar-refractivity contribution is 5.87. The SMILES string of the molecule is COc1cc(O)c2c(=O)c(CCCCCCCCCCCCO)c(-c3ccc(O)cc3)oc2c1. The van der Waals surface area contributed by atoms with Gasteiger partial charge in [0.05, 0.1) is 7.11 Å². The van der Waals surface area contributed by atoms with E-state index in [-0.39, 0.29) is 34.5 Å². The van der Waals surface area contributed by atoms with Crippen LogP contribution in [0.25, 0.3) is 22.3 Å². The van der Waals surface area contributed by atoms with E-state index in [1.54, 1.807) is 30.3 Å². The molecule has 0 aliphatic rings. The zero-order valence-corrected chi connectivity index (χ0v) is 20.0. The second kappa shape index (κ2) is 13.0. The Balaban J connectivity index is 1.70. The topological polar surface area (TPSA) is 100 Å². The van der Waals surface area contributed by atoms with Gasteiger partial charge in [0.25, 0.3) is 0 Å². The molecule has 3 N–H and O–H groups in total. The van der Waals surface area contributed by atoms with E-state index < -0.39 is 0 Å². The molecule has 1 heterocycles. The highest BCUT2D eigenvalue weighted by Gasteiger charge is 2.19. The average molecular weight is 469 g/mol. The molecule has 0 bridgehead atoms. The predicted molar refractivity (Wildman–Crippen MR) is 135 cm³/mol. The Morgan fingerprint density at radius 3 is 2.00 bits per heavy atom. The molecule has 0 radical (unpaired) electrons. The van der Waals surface area contributed by atoms with Crippen LogP contribution in [0, 0.1) is 0 Å². The molecule has 0 amide bonds. The number of aliphatic hydroxyl groups is 1. The van der Waals surface area contributed by atoms with Gasteiger partial charge in [-0.1, -0.05) is 51.4 Å². The number of ether oxygens (including phenoxy) is 1. The Kier molecular flexibility index (Phi) is 9.83. The van der Waals surface area contributed by atoms with Crippen LogP contribution in [-0.2, 0) is 6.42 Å². The third-order valence-corrected chi connectivity index (χ3v) is 6.24. The number of phenolic OH excluding ortho intramolecular Hbond substituents is 2. The number of methoxy groups -OCH3 is 1. The Hall–Kier alpha value is -2.99. The number of unbranched alkanes of at least 4 members (excludes halogenated alkanes) is 9. The van der Waals surface area contributed by atoms with E-state index in [0.717, 1.165) is 32.1 Å². The van der Waals surface area contributed by atoms with Crippen LogP contribution in [0.1, 0.15) is 69.8 Å². The van der Waals surface area contributed by atoms with Crippen LogP contribution in [0.3, 0.4) is 0 Å². The van der Waals surface area contributed by atoms with E-state index in [1.165, 1.54) is 45.3 Å². The van der Waals surface area contributed by atoms with E-state index >= 15 is 0 Å². The largest absolute Gasteiger partial charge is 0.508 e. The molecule has 0 atom stereocenters. The molecule has 3 rings (SSSR count). The van der Waals surface area contributed by atoms with Crippen molar-refractivity contribution < 1.29 is 24.5 Å². The Labute approximate surface area is 200 Å². The number of aromatic hydroxyl groups is 2. The van der Waals surface area contributed by atoms with Gasteiger partial charge in [0.15, 0.2) is 5.43 Å². The summed E-state index contributed by atoms with van der Waals surface area (Å²) in [5.74, 6) is 0.862. The molecule has 0 fully saturated rings. The van der Waals surface area contributed by atoms with Gasteiger partial charge in [-0.3, -0.25) is 4.79 Å². The molecule has 0 aliphatic carbocycles. The van der Waals surface area contributed by atoms with Crippen molar-refractivity contribution in [1.82, 2.24) is 0 Å². The van der Waals surface area contributed by atoms with Gasteiger partial charge >= 0.3 is 0 Å². The van der Waals surface area contributed by atoms with Crippen LogP contribution in [0.5, 0.6) is 17.2 Å². The number of hydrogen-bond donors (Lipinski definition) is 3. The van der Waals surface area contributed by atoms with Crippen LogP contribution in [0.15, 0.2) is 45.6 Å². The van der Waals surface area contributed by atoms with Crippen molar-refractivity contribution in [2.45, 2.75) is 70.6 Å². The van der Waals surface area contributed by atoms with Crippen molar-refractivity contribution in [3.63, 3.8) is 0 Å². The molecule has 184 valence electrons. The van der Waals surface area contributed by atoms with Crippen LogP contribution in [-0.4, -0.2) is 29.0 Å². The fraction of sp³-hybridized carbons (Fsp3) is 0.464. The number of phenols is 2. The first-order valence-electron chi connectivity index (χ1n) is 12.3. The Bertz CT molecular complexity index is 1100. The molecule has 0 unspecified atom stereocenters. The second-order valence-corrected chi connectivity index (χ2v) is 8.81. The lowest BCUT2D eigenvalue weighted by Gasteiger charge is -2.12. The minimum Gasteiger partial charge on any atom is -0.508 e. The van der Waals surface area contributed by atoms with Crippen molar-refractivity contribution in [2.24, 2.45) is 0 Å². The summed E-state index contributed by atoms with van der Waals surface area (Å²) < 4.78 is 11.3. The van der Waals surface area contributed by atoms with E-state index in [1.807, 2.05) is 0 Å². The van der Waals surface area contributed by atoms with Gasteiger partial charge in [-0.25, -0.2) is 0 Å². The molecule has 34 heavy (non-hydrogen) atoms. The monoisotopic (exact) mass is 468 g/mol. The predicted octanol–water partition coefficient (Wildman–Crippen LogP) is 6.32. The van der Waals surface area contributed by atoms with Gasteiger partial charge in [-0.2, -0.15) is 0 Å².